The first-order chi connectivity index (χ1) is 15.5. The largest absolute Gasteiger partial charge is 0.493 e. The molecule has 7 nitrogen and oxygen atoms in total. The Kier molecular flexibility index (Phi) is 6.69. The third-order valence-corrected chi connectivity index (χ3v) is 6.28. The van der Waals surface area contributed by atoms with Crippen molar-refractivity contribution >= 4 is 27.7 Å². The topological polar surface area (TPSA) is 80.3 Å². The highest BCUT2D eigenvalue weighted by Gasteiger charge is 2.42. The number of halogens is 1. The van der Waals surface area contributed by atoms with Crippen LogP contribution in [0.25, 0.3) is 0 Å². The van der Waals surface area contributed by atoms with Crippen molar-refractivity contribution in [2.24, 2.45) is 5.92 Å². The van der Waals surface area contributed by atoms with Gasteiger partial charge in [0.25, 0.3) is 0 Å². The Morgan fingerprint density at radius 2 is 1.81 bits per heavy atom. The van der Waals surface area contributed by atoms with Crippen molar-refractivity contribution < 1.29 is 33.3 Å². The lowest BCUT2D eigenvalue weighted by atomic mass is 9.80. The average Bonchev–Trinajstić information content (AvgIpc) is 2.81. The molecule has 168 valence electrons. The van der Waals surface area contributed by atoms with Crippen LogP contribution in [-0.4, -0.2) is 38.2 Å². The number of ether oxygens (including phenoxy) is 5. The smallest absolute Gasteiger partial charge is 0.338 e. The molecule has 8 heteroatoms. The molecule has 1 aliphatic carbocycles. The summed E-state index contributed by atoms with van der Waals surface area (Å²) in [6.45, 7) is 0. The summed E-state index contributed by atoms with van der Waals surface area (Å²) in [5.74, 6) is 0.839. The molecule has 0 bridgehead atoms. The number of fused-ring (bicyclic) bond motifs is 1. The fraction of sp³-hybridized carbons (Fsp3) is 0.333. The van der Waals surface area contributed by atoms with Crippen molar-refractivity contribution in [2.45, 2.75) is 31.5 Å². The summed E-state index contributed by atoms with van der Waals surface area (Å²) in [4.78, 5) is 25.6. The SMILES string of the molecule is COc1ccc(C(=O)OC2CCC3C(=O)C(Oc4ccccc4Br)=COC3C2)cc1OC. The summed E-state index contributed by atoms with van der Waals surface area (Å²) >= 11 is 3.41. The van der Waals surface area contributed by atoms with Crippen molar-refractivity contribution in [2.75, 3.05) is 14.2 Å². The number of allylic oxidation sites excluding steroid dienone is 1. The van der Waals surface area contributed by atoms with Crippen LogP contribution in [-0.2, 0) is 14.3 Å². The van der Waals surface area contributed by atoms with Crippen molar-refractivity contribution in [3.63, 3.8) is 0 Å². The van der Waals surface area contributed by atoms with E-state index in [0.717, 1.165) is 4.47 Å². The quantitative estimate of drug-likeness (QED) is 0.530. The molecule has 0 saturated heterocycles. The van der Waals surface area contributed by atoms with Gasteiger partial charge in [-0.15, -0.1) is 0 Å². The number of carbonyl (C=O) groups is 2. The second-order valence-corrected chi connectivity index (χ2v) is 8.42. The third kappa shape index (κ3) is 4.60. The summed E-state index contributed by atoms with van der Waals surface area (Å²) in [7, 11) is 3.04. The molecule has 0 amide bonds. The first kappa shape index (κ1) is 22.2. The Morgan fingerprint density at radius 1 is 1.03 bits per heavy atom. The fourth-order valence-corrected chi connectivity index (χ4v) is 4.31. The molecule has 2 aliphatic rings. The molecule has 1 fully saturated rings. The average molecular weight is 503 g/mol. The maximum Gasteiger partial charge on any atom is 0.338 e. The highest BCUT2D eigenvalue weighted by atomic mass is 79.9. The molecule has 0 radical (unpaired) electrons. The predicted octanol–water partition coefficient (Wildman–Crippen LogP) is 4.68. The molecule has 1 heterocycles. The van der Waals surface area contributed by atoms with E-state index in [1.54, 1.807) is 24.3 Å². The zero-order chi connectivity index (χ0) is 22.7. The number of carbonyl (C=O) groups excluding carboxylic acids is 2. The standard InChI is InChI=1S/C24H23BrO7/c1-28-19-10-7-14(11-21(19)29-2)24(27)31-15-8-9-16-20(12-15)30-13-22(23(16)26)32-18-6-4-3-5-17(18)25/h3-7,10-11,13,15-16,20H,8-9,12H2,1-2H3. The van der Waals surface area contributed by atoms with Gasteiger partial charge in [-0.05, 0) is 59.1 Å². The molecule has 1 saturated carbocycles. The maximum atomic E-state index is 12.9. The number of hydrogen-bond donors (Lipinski definition) is 0. The fourth-order valence-electron chi connectivity index (χ4n) is 3.94. The minimum Gasteiger partial charge on any atom is -0.493 e. The molecule has 4 rings (SSSR count). The van der Waals surface area contributed by atoms with Crippen molar-refractivity contribution in [1.82, 2.24) is 0 Å². The van der Waals surface area contributed by atoms with Gasteiger partial charge in [-0.3, -0.25) is 4.79 Å². The second-order valence-electron chi connectivity index (χ2n) is 7.57. The molecule has 0 spiro atoms. The predicted molar refractivity (Wildman–Crippen MR) is 119 cm³/mol. The lowest BCUT2D eigenvalue weighted by molar-refractivity contribution is -0.132. The van der Waals surface area contributed by atoms with Gasteiger partial charge in [0.15, 0.2) is 11.5 Å². The highest BCUT2D eigenvalue weighted by Crippen LogP contribution is 2.36. The summed E-state index contributed by atoms with van der Waals surface area (Å²) in [6.07, 6.45) is 2.21. The van der Waals surface area contributed by atoms with Gasteiger partial charge >= 0.3 is 5.97 Å². The van der Waals surface area contributed by atoms with Crippen LogP contribution in [0.15, 0.2) is 59.0 Å². The van der Waals surface area contributed by atoms with Crippen LogP contribution in [0.5, 0.6) is 17.2 Å². The Hall–Kier alpha value is -3.00. The molecular formula is C24H23BrO7. The number of esters is 1. The number of ketones is 1. The third-order valence-electron chi connectivity index (χ3n) is 5.62. The van der Waals surface area contributed by atoms with Crippen molar-refractivity contribution in [1.29, 1.82) is 0 Å². The zero-order valence-corrected chi connectivity index (χ0v) is 19.3. The van der Waals surface area contributed by atoms with Gasteiger partial charge in [0.1, 0.15) is 24.2 Å². The number of methoxy groups -OCH3 is 2. The number of Topliss-reactive ketones (excluding diaryl/α,β-unsaturated/α-hetero) is 1. The monoisotopic (exact) mass is 502 g/mol. The molecule has 0 aromatic heterocycles. The van der Waals surface area contributed by atoms with E-state index in [1.807, 2.05) is 18.2 Å². The van der Waals surface area contributed by atoms with Gasteiger partial charge in [0, 0.05) is 6.42 Å². The van der Waals surface area contributed by atoms with Crippen molar-refractivity contribution in [3.8, 4) is 17.2 Å². The Labute approximate surface area is 194 Å². The normalized spacial score (nSPS) is 22.2. The van der Waals surface area contributed by atoms with Crippen LogP contribution in [0, 0.1) is 5.92 Å². The molecule has 2 aromatic rings. The van der Waals surface area contributed by atoms with Crippen LogP contribution < -0.4 is 14.2 Å². The van der Waals surface area contributed by atoms with Gasteiger partial charge in [-0.1, -0.05) is 12.1 Å². The molecule has 3 unspecified atom stereocenters. The maximum absolute atomic E-state index is 12.9. The van der Waals surface area contributed by atoms with E-state index in [-0.39, 0.29) is 29.7 Å². The van der Waals surface area contributed by atoms with Crippen LogP contribution >= 0.6 is 15.9 Å². The molecular weight excluding hydrogens is 480 g/mol. The lowest BCUT2D eigenvalue weighted by Gasteiger charge is -2.36. The lowest BCUT2D eigenvalue weighted by Crippen LogP contribution is -2.43. The van der Waals surface area contributed by atoms with E-state index in [4.69, 9.17) is 23.7 Å². The van der Waals surface area contributed by atoms with Gasteiger partial charge in [0.2, 0.25) is 11.5 Å². The van der Waals surface area contributed by atoms with E-state index < -0.39 is 5.97 Å². The highest BCUT2D eigenvalue weighted by molar-refractivity contribution is 9.10. The van der Waals surface area contributed by atoms with Gasteiger partial charge in [-0.25, -0.2) is 4.79 Å². The minimum absolute atomic E-state index is 0.0957. The van der Waals surface area contributed by atoms with E-state index in [0.29, 0.717) is 42.1 Å². The van der Waals surface area contributed by atoms with Crippen LogP contribution in [0.2, 0.25) is 0 Å². The number of benzene rings is 2. The second kappa shape index (κ2) is 9.65. The van der Waals surface area contributed by atoms with Crippen LogP contribution in [0.1, 0.15) is 29.6 Å². The zero-order valence-electron chi connectivity index (χ0n) is 17.7. The summed E-state index contributed by atoms with van der Waals surface area (Å²) in [5.41, 5.74) is 0.370. The Bertz CT molecular complexity index is 1050. The Morgan fingerprint density at radius 3 is 2.56 bits per heavy atom. The van der Waals surface area contributed by atoms with E-state index in [2.05, 4.69) is 15.9 Å². The number of rotatable bonds is 6. The van der Waals surface area contributed by atoms with E-state index in [1.165, 1.54) is 20.5 Å². The van der Waals surface area contributed by atoms with Crippen molar-refractivity contribution in [3.05, 3.63) is 64.5 Å². The van der Waals surface area contributed by atoms with E-state index in [9.17, 15) is 9.59 Å². The summed E-state index contributed by atoms with van der Waals surface area (Å²) < 4.78 is 28.5. The number of hydrogen-bond acceptors (Lipinski definition) is 7. The van der Waals surface area contributed by atoms with Gasteiger partial charge < -0.3 is 23.7 Å². The first-order valence-electron chi connectivity index (χ1n) is 10.3. The molecule has 32 heavy (non-hydrogen) atoms. The van der Waals surface area contributed by atoms with Crippen LogP contribution in [0.4, 0.5) is 0 Å². The first-order valence-corrected chi connectivity index (χ1v) is 11.0. The minimum atomic E-state index is -0.454. The summed E-state index contributed by atoms with van der Waals surface area (Å²) in [6, 6.07) is 12.2. The van der Waals surface area contributed by atoms with Gasteiger partial charge in [-0.2, -0.15) is 0 Å². The van der Waals surface area contributed by atoms with Gasteiger partial charge in [0.05, 0.1) is 30.2 Å². The van der Waals surface area contributed by atoms with E-state index >= 15 is 0 Å². The summed E-state index contributed by atoms with van der Waals surface area (Å²) in [5, 5.41) is 0. The molecule has 2 aromatic carbocycles. The Balaban J connectivity index is 1.39. The van der Waals surface area contributed by atoms with Crippen LogP contribution in [0.3, 0.4) is 0 Å². The molecule has 3 atom stereocenters. The molecule has 0 N–H and O–H groups in total. The molecule has 1 aliphatic heterocycles. The number of para-hydroxylation sites is 1.